The maximum Gasteiger partial charge on any atom is 0.165 e. The van der Waals surface area contributed by atoms with Gasteiger partial charge in [0.15, 0.2) is 11.6 Å². The number of benzene rings is 1. The van der Waals surface area contributed by atoms with Gasteiger partial charge < -0.3 is 10.1 Å². The first-order valence-electron chi connectivity index (χ1n) is 4.71. The van der Waals surface area contributed by atoms with Crippen LogP contribution in [-0.2, 0) is 6.42 Å². The van der Waals surface area contributed by atoms with E-state index in [9.17, 15) is 9.50 Å². The highest BCUT2D eigenvalue weighted by Gasteiger charge is 2.08. The van der Waals surface area contributed by atoms with Crippen molar-refractivity contribution >= 4 is 10.9 Å². The smallest absolute Gasteiger partial charge is 0.165 e. The summed E-state index contributed by atoms with van der Waals surface area (Å²) in [6.07, 6.45) is 2.53. The van der Waals surface area contributed by atoms with Crippen molar-refractivity contribution in [1.29, 1.82) is 0 Å². The molecule has 0 spiro atoms. The molecule has 0 aliphatic rings. The molecule has 2 N–H and O–H groups in total. The molecular formula is C12H12FNO. The van der Waals surface area contributed by atoms with Crippen molar-refractivity contribution in [3.8, 4) is 5.75 Å². The molecule has 0 bridgehead atoms. The van der Waals surface area contributed by atoms with E-state index in [-0.39, 0.29) is 5.75 Å². The Hall–Kier alpha value is -1.77. The lowest BCUT2D eigenvalue weighted by Gasteiger charge is -1.99. The van der Waals surface area contributed by atoms with Crippen LogP contribution in [-0.4, -0.2) is 10.1 Å². The van der Waals surface area contributed by atoms with E-state index < -0.39 is 5.82 Å². The summed E-state index contributed by atoms with van der Waals surface area (Å²) in [5, 5.41) is 10.00. The number of fused-ring (bicyclic) bond motifs is 1. The van der Waals surface area contributed by atoms with Crippen LogP contribution in [0.5, 0.6) is 5.75 Å². The first kappa shape index (κ1) is 9.77. The minimum absolute atomic E-state index is 0.328. The summed E-state index contributed by atoms with van der Waals surface area (Å²) in [5.41, 5.74) is 2.76. The van der Waals surface area contributed by atoms with Crippen LogP contribution >= 0.6 is 0 Å². The number of phenols is 1. The van der Waals surface area contributed by atoms with Gasteiger partial charge in [-0.1, -0.05) is 12.2 Å². The number of allylic oxidation sites excluding steroid dienone is 1. The monoisotopic (exact) mass is 205 g/mol. The standard InChI is InChI=1S/C12H12FNO/c1-7(2)3-8-6-14-11-5-12(15)10(13)4-9(8)11/h4-6,14-15H,1,3H2,2H3. The van der Waals surface area contributed by atoms with Gasteiger partial charge in [-0.3, -0.25) is 0 Å². The number of aromatic hydroxyl groups is 1. The van der Waals surface area contributed by atoms with Crippen LogP contribution in [0.4, 0.5) is 4.39 Å². The van der Waals surface area contributed by atoms with Crippen LogP contribution in [0.15, 0.2) is 30.5 Å². The van der Waals surface area contributed by atoms with Crippen LogP contribution in [0.2, 0.25) is 0 Å². The molecule has 0 aliphatic heterocycles. The predicted molar refractivity (Wildman–Crippen MR) is 58.4 cm³/mol. The molecule has 0 amide bonds. The molecule has 0 aliphatic carbocycles. The number of aromatic nitrogens is 1. The second-order valence-corrected chi connectivity index (χ2v) is 3.80. The Kier molecular flexibility index (Phi) is 2.23. The zero-order chi connectivity index (χ0) is 11.0. The number of aromatic amines is 1. The zero-order valence-corrected chi connectivity index (χ0v) is 8.47. The third-order valence-corrected chi connectivity index (χ3v) is 2.33. The van der Waals surface area contributed by atoms with E-state index >= 15 is 0 Å². The average Bonchev–Trinajstić information content (AvgIpc) is 2.49. The summed E-state index contributed by atoms with van der Waals surface area (Å²) in [6, 6.07) is 2.74. The SMILES string of the molecule is C=C(C)Cc1c[nH]c2cc(O)c(F)cc12. The summed E-state index contributed by atoms with van der Waals surface area (Å²) < 4.78 is 13.2. The van der Waals surface area contributed by atoms with Gasteiger partial charge in [0.2, 0.25) is 0 Å². The Morgan fingerprint density at radius 3 is 2.93 bits per heavy atom. The molecule has 2 nitrogen and oxygen atoms in total. The van der Waals surface area contributed by atoms with Crippen molar-refractivity contribution < 1.29 is 9.50 Å². The fourth-order valence-corrected chi connectivity index (χ4v) is 1.66. The average molecular weight is 205 g/mol. The maximum atomic E-state index is 13.2. The highest BCUT2D eigenvalue weighted by molar-refractivity contribution is 5.84. The van der Waals surface area contributed by atoms with Crippen molar-refractivity contribution in [3.05, 3.63) is 41.9 Å². The lowest BCUT2D eigenvalue weighted by atomic mass is 10.1. The predicted octanol–water partition coefficient (Wildman–Crippen LogP) is 3.13. The minimum atomic E-state index is -0.593. The Labute approximate surface area is 87.1 Å². The van der Waals surface area contributed by atoms with Gasteiger partial charge in [0.25, 0.3) is 0 Å². The first-order valence-corrected chi connectivity index (χ1v) is 4.71. The Balaban J connectivity index is 2.59. The molecule has 0 saturated heterocycles. The van der Waals surface area contributed by atoms with Crippen LogP contribution in [0.3, 0.4) is 0 Å². The number of hydrogen-bond donors (Lipinski definition) is 2. The number of nitrogens with one attached hydrogen (secondary N) is 1. The van der Waals surface area contributed by atoms with E-state index in [1.54, 1.807) is 0 Å². The fourth-order valence-electron chi connectivity index (χ4n) is 1.66. The zero-order valence-electron chi connectivity index (χ0n) is 8.47. The van der Waals surface area contributed by atoms with Crippen LogP contribution in [0.25, 0.3) is 10.9 Å². The molecule has 0 saturated carbocycles. The Morgan fingerprint density at radius 1 is 1.53 bits per heavy atom. The minimum Gasteiger partial charge on any atom is -0.505 e. The molecule has 0 unspecified atom stereocenters. The maximum absolute atomic E-state index is 13.2. The van der Waals surface area contributed by atoms with Crippen LogP contribution in [0.1, 0.15) is 12.5 Å². The summed E-state index contributed by atoms with van der Waals surface area (Å²) >= 11 is 0. The molecule has 1 aromatic heterocycles. The number of halogens is 1. The van der Waals surface area contributed by atoms with E-state index in [2.05, 4.69) is 11.6 Å². The van der Waals surface area contributed by atoms with Crippen LogP contribution < -0.4 is 0 Å². The first-order chi connectivity index (χ1) is 7.08. The quantitative estimate of drug-likeness (QED) is 0.726. The van der Waals surface area contributed by atoms with Gasteiger partial charge in [0.05, 0.1) is 0 Å². The number of hydrogen-bond acceptors (Lipinski definition) is 1. The largest absolute Gasteiger partial charge is 0.505 e. The van der Waals surface area contributed by atoms with Crippen LogP contribution in [0, 0.1) is 5.82 Å². The van der Waals surface area contributed by atoms with Crippen molar-refractivity contribution in [2.24, 2.45) is 0 Å². The van der Waals surface area contributed by atoms with Gasteiger partial charge in [0.1, 0.15) is 0 Å². The summed E-state index contributed by atoms with van der Waals surface area (Å²) in [5.74, 6) is -0.920. The molecule has 15 heavy (non-hydrogen) atoms. The summed E-state index contributed by atoms with van der Waals surface area (Å²) in [7, 11) is 0. The number of H-pyrrole nitrogens is 1. The van der Waals surface area contributed by atoms with Gasteiger partial charge >= 0.3 is 0 Å². The molecule has 1 heterocycles. The molecule has 78 valence electrons. The van der Waals surface area contributed by atoms with Gasteiger partial charge in [-0.2, -0.15) is 0 Å². The third-order valence-electron chi connectivity index (χ3n) is 2.33. The summed E-state index contributed by atoms with van der Waals surface area (Å²) in [6.45, 7) is 5.75. The van der Waals surface area contributed by atoms with Crippen molar-refractivity contribution in [2.45, 2.75) is 13.3 Å². The van der Waals surface area contributed by atoms with E-state index in [0.717, 1.165) is 22.0 Å². The fraction of sp³-hybridized carbons (Fsp3) is 0.167. The van der Waals surface area contributed by atoms with Crippen molar-refractivity contribution in [3.63, 3.8) is 0 Å². The molecule has 2 rings (SSSR count). The normalized spacial score (nSPS) is 10.8. The van der Waals surface area contributed by atoms with E-state index in [1.807, 2.05) is 13.1 Å². The van der Waals surface area contributed by atoms with Gasteiger partial charge in [-0.05, 0) is 25.0 Å². The second-order valence-electron chi connectivity index (χ2n) is 3.80. The Morgan fingerprint density at radius 2 is 2.27 bits per heavy atom. The van der Waals surface area contributed by atoms with E-state index in [0.29, 0.717) is 6.42 Å². The number of phenolic OH excluding ortho intramolecular Hbond substituents is 1. The van der Waals surface area contributed by atoms with Gasteiger partial charge in [-0.25, -0.2) is 4.39 Å². The Bertz CT molecular complexity index is 528. The van der Waals surface area contributed by atoms with Crippen molar-refractivity contribution in [1.82, 2.24) is 4.98 Å². The third kappa shape index (κ3) is 1.73. The highest BCUT2D eigenvalue weighted by Crippen LogP contribution is 2.26. The molecule has 2 aromatic rings. The lowest BCUT2D eigenvalue weighted by Crippen LogP contribution is -1.84. The second kappa shape index (κ2) is 3.42. The molecule has 0 radical (unpaired) electrons. The summed E-state index contributed by atoms with van der Waals surface area (Å²) in [4.78, 5) is 2.99. The molecule has 3 heteroatoms. The topological polar surface area (TPSA) is 36.0 Å². The molecule has 1 aromatic carbocycles. The molecular weight excluding hydrogens is 193 g/mol. The molecule has 0 atom stereocenters. The molecule has 0 fully saturated rings. The van der Waals surface area contributed by atoms with Crippen molar-refractivity contribution in [2.75, 3.05) is 0 Å². The highest BCUT2D eigenvalue weighted by atomic mass is 19.1. The van der Waals surface area contributed by atoms with Gasteiger partial charge in [-0.15, -0.1) is 0 Å². The van der Waals surface area contributed by atoms with E-state index in [1.165, 1.54) is 12.1 Å². The van der Waals surface area contributed by atoms with Gasteiger partial charge in [0, 0.05) is 23.2 Å². The van der Waals surface area contributed by atoms with E-state index in [4.69, 9.17) is 0 Å². The lowest BCUT2D eigenvalue weighted by molar-refractivity contribution is 0.433. The number of rotatable bonds is 2.